The number of benzene rings is 1. The largest absolute Gasteiger partial charge is 0.456 e. The monoisotopic (exact) mass is 308 g/mol. The number of carbonyl (C=O) groups excluding carboxylic acids is 1. The summed E-state index contributed by atoms with van der Waals surface area (Å²) >= 11 is 0. The summed E-state index contributed by atoms with van der Waals surface area (Å²) in [6.07, 6.45) is 0. The van der Waals surface area contributed by atoms with Crippen molar-refractivity contribution in [3.63, 3.8) is 0 Å². The third-order valence-corrected chi connectivity index (χ3v) is 3.44. The SMILES string of the molecule is Cc1cc(C(=O)OC(C)(C)C)cc(S(=O)(=O)Cl)c1F. The van der Waals surface area contributed by atoms with Crippen LogP contribution in [-0.2, 0) is 13.8 Å². The predicted molar refractivity (Wildman–Crippen MR) is 69.3 cm³/mol. The summed E-state index contributed by atoms with van der Waals surface area (Å²) < 4.78 is 41.2. The lowest BCUT2D eigenvalue weighted by atomic mass is 10.1. The van der Waals surface area contributed by atoms with Crippen LogP contribution in [0.5, 0.6) is 0 Å². The molecule has 7 heteroatoms. The maximum Gasteiger partial charge on any atom is 0.338 e. The van der Waals surface area contributed by atoms with Gasteiger partial charge in [0.1, 0.15) is 16.3 Å². The number of hydrogen-bond acceptors (Lipinski definition) is 4. The number of rotatable bonds is 2. The van der Waals surface area contributed by atoms with Crippen molar-refractivity contribution in [1.82, 2.24) is 0 Å². The van der Waals surface area contributed by atoms with Crippen LogP contribution in [0.4, 0.5) is 4.39 Å². The first-order valence-corrected chi connectivity index (χ1v) is 7.71. The molecule has 0 aromatic heterocycles. The van der Waals surface area contributed by atoms with Crippen molar-refractivity contribution in [2.24, 2.45) is 0 Å². The molecule has 0 saturated carbocycles. The average Bonchev–Trinajstić information content (AvgIpc) is 2.17. The lowest BCUT2D eigenvalue weighted by Gasteiger charge is -2.19. The highest BCUT2D eigenvalue weighted by Gasteiger charge is 2.24. The maximum atomic E-state index is 13.7. The van der Waals surface area contributed by atoms with Gasteiger partial charge in [-0.25, -0.2) is 17.6 Å². The Bertz CT molecular complexity index is 617. The summed E-state index contributed by atoms with van der Waals surface area (Å²) in [5.41, 5.74) is -0.796. The second-order valence-corrected chi connectivity index (χ2v) is 7.58. The molecule has 0 aliphatic carbocycles. The zero-order valence-electron chi connectivity index (χ0n) is 11.0. The zero-order valence-corrected chi connectivity index (χ0v) is 12.5. The van der Waals surface area contributed by atoms with Gasteiger partial charge in [0.2, 0.25) is 0 Å². The normalized spacial score (nSPS) is 12.3. The summed E-state index contributed by atoms with van der Waals surface area (Å²) in [6.45, 7) is 6.34. The number of ether oxygens (including phenoxy) is 1. The highest BCUT2D eigenvalue weighted by atomic mass is 35.7. The number of hydrogen-bond donors (Lipinski definition) is 0. The summed E-state index contributed by atoms with van der Waals surface area (Å²) in [5.74, 6) is -1.71. The number of carbonyl (C=O) groups is 1. The third-order valence-electron chi connectivity index (χ3n) is 2.12. The molecule has 0 heterocycles. The Morgan fingerprint density at radius 2 is 1.84 bits per heavy atom. The van der Waals surface area contributed by atoms with E-state index in [1.54, 1.807) is 20.8 Å². The van der Waals surface area contributed by atoms with Gasteiger partial charge in [0.25, 0.3) is 9.05 Å². The fourth-order valence-corrected chi connectivity index (χ4v) is 2.35. The van der Waals surface area contributed by atoms with Gasteiger partial charge in [-0.1, -0.05) is 0 Å². The minimum absolute atomic E-state index is 0.00239. The molecule has 1 aromatic carbocycles. The predicted octanol–water partition coefficient (Wildman–Crippen LogP) is 3.02. The van der Waals surface area contributed by atoms with Crippen molar-refractivity contribution in [3.05, 3.63) is 29.1 Å². The molecule has 1 rings (SSSR count). The summed E-state index contributed by atoms with van der Waals surface area (Å²) in [4.78, 5) is 11.1. The molecule has 0 N–H and O–H groups in total. The Morgan fingerprint density at radius 1 is 1.32 bits per heavy atom. The van der Waals surface area contributed by atoms with E-state index in [0.717, 1.165) is 6.07 Å². The molecule has 0 aliphatic heterocycles. The van der Waals surface area contributed by atoms with Gasteiger partial charge >= 0.3 is 5.97 Å². The molecule has 0 radical (unpaired) electrons. The first-order chi connectivity index (χ1) is 8.42. The second kappa shape index (κ2) is 5.09. The number of halogens is 2. The van der Waals surface area contributed by atoms with Gasteiger partial charge in [-0.2, -0.15) is 0 Å². The Morgan fingerprint density at radius 3 is 2.26 bits per heavy atom. The molecule has 0 spiro atoms. The Hall–Kier alpha value is -1.14. The quantitative estimate of drug-likeness (QED) is 0.622. The van der Waals surface area contributed by atoms with Crippen LogP contribution >= 0.6 is 10.7 Å². The van der Waals surface area contributed by atoms with Crippen LogP contribution in [0.1, 0.15) is 36.7 Å². The van der Waals surface area contributed by atoms with Crippen LogP contribution in [0.3, 0.4) is 0 Å². The van der Waals surface area contributed by atoms with E-state index in [2.05, 4.69) is 0 Å². The minimum Gasteiger partial charge on any atom is -0.456 e. The average molecular weight is 309 g/mol. The van der Waals surface area contributed by atoms with Crippen molar-refractivity contribution in [2.45, 2.75) is 38.2 Å². The molecule has 4 nitrogen and oxygen atoms in total. The van der Waals surface area contributed by atoms with Gasteiger partial charge in [-0.05, 0) is 45.4 Å². The van der Waals surface area contributed by atoms with Crippen LogP contribution in [0, 0.1) is 12.7 Å². The third kappa shape index (κ3) is 4.18. The second-order valence-electron chi connectivity index (χ2n) is 5.05. The first kappa shape index (κ1) is 15.9. The molecule has 0 unspecified atom stereocenters. The van der Waals surface area contributed by atoms with Crippen molar-refractivity contribution in [1.29, 1.82) is 0 Å². The van der Waals surface area contributed by atoms with Crippen LogP contribution in [0.25, 0.3) is 0 Å². The first-order valence-electron chi connectivity index (χ1n) is 5.40. The van der Waals surface area contributed by atoms with E-state index >= 15 is 0 Å². The molecule has 0 atom stereocenters. The van der Waals surface area contributed by atoms with Gasteiger partial charge in [-0.15, -0.1) is 0 Å². The van der Waals surface area contributed by atoms with E-state index in [1.807, 2.05) is 0 Å². The summed E-state index contributed by atoms with van der Waals surface area (Å²) in [6, 6.07) is 2.09. The molecule has 0 amide bonds. The van der Waals surface area contributed by atoms with E-state index in [-0.39, 0.29) is 11.1 Å². The highest BCUT2D eigenvalue weighted by Crippen LogP contribution is 2.24. The fourth-order valence-electron chi connectivity index (χ4n) is 1.37. The molecule has 19 heavy (non-hydrogen) atoms. The van der Waals surface area contributed by atoms with E-state index in [0.29, 0.717) is 0 Å². The van der Waals surface area contributed by atoms with Gasteiger partial charge in [0, 0.05) is 10.7 Å². The van der Waals surface area contributed by atoms with Crippen LogP contribution in [0.15, 0.2) is 17.0 Å². The lowest BCUT2D eigenvalue weighted by Crippen LogP contribution is -2.24. The molecule has 0 saturated heterocycles. The molecular formula is C12H14ClFO4S. The van der Waals surface area contributed by atoms with Crippen molar-refractivity contribution >= 4 is 25.7 Å². The highest BCUT2D eigenvalue weighted by molar-refractivity contribution is 8.13. The van der Waals surface area contributed by atoms with Gasteiger partial charge in [-0.3, -0.25) is 0 Å². The number of aryl methyl sites for hydroxylation is 1. The van der Waals surface area contributed by atoms with Crippen molar-refractivity contribution < 1.29 is 22.3 Å². The molecule has 0 aliphatic rings. The van der Waals surface area contributed by atoms with Gasteiger partial charge in [0.15, 0.2) is 0 Å². The molecule has 0 bridgehead atoms. The van der Waals surface area contributed by atoms with E-state index in [9.17, 15) is 17.6 Å². The number of esters is 1. The molecule has 1 aromatic rings. The summed E-state index contributed by atoms with van der Waals surface area (Å²) in [7, 11) is 0.859. The Labute approximate surface area is 115 Å². The van der Waals surface area contributed by atoms with Crippen LogP contribution in [0.2, 0.25) is 0 Å². The molecule has 106 valence electrons. The standard InChI is InChI=1S/C12H14ClFO4S/c1-7-5-8(11(15)18-12(2,3)4)6-9(10(7)14)19(13,16)17/h5-6H,1-4H3. The molecule has 0 fully saturated rings. The van der Waals surface area contributed by atoms with Crippen LogP contribution in [-0.4, -0.2) is 20.0 Å². The Balaban J connectivity index is 3.33. The van der Waals surface area contributed by atoms with Gasteiger partial charge in [0.05, 0.1) is 5.56 Å². The van der Waals surface area contributed by atoms with E-state index < -0.39 is 31.3 Å². The van der Waals surface area contributed by atoms with Crippen molar-refractivity contribution in [2.75, 3.05) is 0 Å². The maximum absolute atomic E-state index is 13.7. The Kier molecular flexibility index (Phi) is 4.27. The lowest BCUT2D eigenvalue weighted by molar-refractivity contribution is 0.00690. The topological polar surface area (TPSA) is 60.4 Å². The van der Waals surface area contributed by atoms with E-state index in [4.69, 9.17) is 15.4 Å². The van der Waals surface area contributed by atoms with Crippen molar-refractivity contribution in [3.8, 4) is 0 Å². The zero-order chi connectivity index (χ0) is 15.0. The smallest absolute Gasteiger partial charge is 0.338 e. The fraction of sp³-hybridized carbons (Fsp3) is 0.417. The minimum atomic E-state index is -4.27. The summed E-state index contributed by atoms with van der Waals surface area (Å²) in [5, 5.41) is 0. The van der Waals surface area contributed by atoms with Crippen LogP contribution < -0.4 is 0 Å². The van der Waals surface area contributed by atoms with Gasteiger partial charge < -0.3 is 4.74 Å². The molecular weight excluding hydrogens is 295 g/mol. The van der Waals surface area contributed by atoms with E-state index in [1.165, 1.54) is 13.0 Å².